The van der Waals surface area contributed by atoms with Gasteiger partial charge in [0.05, 0.1) is 6.54 Å². The summed E-state index contributed by atoms with van der Waals surface area (Å²) in [5.74, 6) is 0.865. The van der Waals surface area contributed by atoms with E-state index in [1.165, 1.54) is 5.56 Å². The molecule has 1 aliphatic rings. The Morgan fingerprint density at radius 1 is 1.40 bits per heavy atom. The first kappa shape index (κ1) is 10.5. The van der Waals surface area contributed by atoms with Crippen molar-refractivity contribution in [1.82, 2.24) is 4.98 Å². The lowest BCUT2D eigenvalue weighted by Gasteiger charge is -2.13. The van der Waals surface area contributed by atoms with Crippen LogP contribution in [0.25, 0.3) is 0 Å². The Morgan fingerprint density at radius 2 is 2.20 bits per heavy atom. The molecule has 0 radical (unpaired) electrons. The van der Waals surface area contributed by atoms with Gasteiger partial charge in [-0.05, 0) is 32.4 Å². The molecule has 2 heterocycles. The van der Waals surface area contributed by atoms with Crippen LogP contribution < -0.4 is 5.32 Å². The van der Waals surface area contributed by atoms with Crippen LogP contribution in [0.3, 0.4) is 0 Å². The lowest BCUT2D eigenvalue weighted by Crippen LogP contribution is -2.16. The van der Waals surface area contributed by atoms with Crippen molar-refractivity contribution >= 4 is 22.7 Å². The predicted molar refractivity (Wildman–Crippen MR) is 66.6 cm³/mol. The number of nitrogens with one attached hydrogen (secondary N) is 1. The predicted octanol–water partition coefficient (Wildman–Crippen LogP) is 2.68. The van der Waals surface area contributed by atoms with Crippen molar-refractivity contribution in [2.75, 3.05) is 11.9 Å². The summed E-state index contributed by atoms with van der Waals surface area (Å²) in [5.41, 5.74) is 1.17. The molecule has 0 bridgehead atoms. The second kappa shape index (κ2) is 3.85. The zero-order valence-corrected chi connectivity index (χ0v) is 10.1. The standard InChI is InChI=1S/C11H15N3S/c1-8-4-5-9(12-6-8)14-10-13-7-11(2,3)15-10/h4-6H,7H2,1-3H3,(H,12,13,14). The maximum atomic E-state index is 4.43. The number of hydrogen-bond donors (Lipinski definition) is 1. The highest BCUT2D eigenvalue weighted by Crippen LogP contribution is 2.31. The Labute approximate surface area is 94.4 Å². The van der Waals surface area contributed by atoms with Gasteiger partial charge in [-0.25, -0.2) is 4.98 Å². The summed E-state index contributed by atoms with van der Waals surface area (Å²) in [4.78, 5) is 8.72. The fourth-order valence-corrected chi connectivity index (χ4v) is 2.24. The number of aromatic nitrogens is 1. The average molecular weight is 221 g/mol. The molecule has 3 nitrogen and oxygen atoms in total. The lowest BCUT2D eigenvalue weighted by atomic mass is 10.2. The molecule has 0 fully saturated rings. The lowest BCUT2D eigenvalue weighted by molar-refractivity contribution is 0.741. The van der Waals surface area contributed by atoms with Crippen molar-refractivity contribution in [2.24, 2.45) is 4.99 Å². The number of hydrogen-bond acceptors (Lipinski definition) is 4. The first-order valence-corrected chi connectivity index (χ1v) is 5.80. The molecule has 0 unspecified atom stereocenters. The van der Waals surface area contributed by atoms with Crippen LogP contribution in [-0.2, 0) is 0 Å². The third-order valence-corrected chi connectivity index (χ3v) is 3.23. The highest BCUT2D eigenvalue weighted by molar-refractivity contribution is 8.15. The summed E-state index contributed by atoms with van der Waals surface area (Å²) in [7, 11) is 0. The summed E-state index contributed by atoms with van der Waals surface area (Å²) in [6.45, 7) is 7.28. The number of pyridine rings is 1. The Kier molecular flexibility index (Phi) is 2.69. The normalized spacial score (nSPS) is 18.7. The molecule has 80 valence electrons. The van der Waals surface area contributed by atoms with Gasteiger partial charge < -0.3 is 5.32 Å². The molecular weight excluding hydrogens is 206 g/mol. The number of anilines is 1. The van der Waals surface area contributed by atoms with Crippen molar-refractivity contribution in [3.05, 3.63) is 23.9 Å². The van der Waals surface area contributed by atoms with Crippen LogP contribution in [0.5, 0.6) is 0 Å². The van der Waals surface area contributed by atoms with Crippen molar-refractivity contribution in [2.45, 2.75) is 25.5 Å². The molecular formula is C11H15N3S. The molecule has 0 spiro atoms. The van der Waals surface area contributed by atoms with E-state index in [4.69, 9.17) is 0 Å². The van der Waals surface area contributed by atoms with Crippen LogP contribution in [0.4, 0.5) is 5.82 Å². The van der Waals surface area contributed by atoms with E-state index < -0.39 is 0 Å². The van der Waals surface area contributed by atoms with E-state index in [9.17, 15) is 0 Å². The number of aryl methyl sites for hydroxylation is 1. The Hall–Kier alpha value is -1.03. The zero-order chi connectivity index (χ0) is 10.9. The number of rotatable bonds is 1. The second-order valence-corrected chi connectivity index (χ2v) is 6.02. The molecule has 0 amide bonds. The quantitative estimate of drug-likeness (QED) is 0.792. The summed E-state index contributed by atoms with van der Waals surface area (Å²) in [6.07, 6.45) is 1.85. The van der Waals surface area contributed by atoms with E-state index in [0.717, 1.165) is 17.5 Å². The Morgan fingerprint density at radius 3 is 2.73 bits per heavy atom. The van der Waals surface area contributed by atoms with Crippen molar-refractivity contribution in [3.8, 4) is 0 Å². The van der Waals surface area contributed by atoms with Crippen molar-refractivity contribution in [1.29, 1.82) is 0 Å². The molecule has 1 aliphatic heterocycles. The highest BCUT2D eigenvalue weighted by atomic mass is 32.2. The SMILES string of the molecule is Cc1ccc(NC2=NCC(C)(C)S2)nc1. The van der Waals surface area contributed by atoms with Gasteiger partial charge in [-0.1, -0.05) is 17.8 Å². The minimum absolute atomic E-state index is 0.215. The summed E-state index contributed by atoms with van der Waals surface area (Å²) < 4.78 is 0.215. The van der Waals surface area contributed by atoms with Crippen molar-refractivity contribution in [3.63, 3.8) is 0 Å². The summed E-state index contributed by atoms with van der Waals surface area (Å²) in [6, 6.07) is 4.02. The highest BCUT2D eigenvalue weighted by Gasteiger charge is 2.27. The zero-order valence-electron chi connectivity index (χ0n) is 9.24. The van der Waals surface area contributed by atoms with Gasteiger partial charge in [0.15, 0.2) is 5.17 Å². The topological polar surface area (TPSA) is 37.3 Å². The molecule has 1 aromatic heterocycles. The smallest absolute Gasteiger partial charge is 0.162 e. The van der Waals surface area contributed by atoms with E-state index in [1.807, 2.05) is 25.3 Å². The van der Waals surface area contributed by atoms with Gasteiger partial charge in [0.25, 0.3) is 0 Å². The Bertz CT molecular complexity index is 381. The van der Waals surface area contributed by atoms with E-state index in [0.29, 0.717) is 0 Å². The van der Waals surface area contributed by atoms with Crippen molar-refractivity contribution < 1.29 is 0 Å². The molecule has 0 aromatic carbocycles. The molecule has 0 saturated carbocycles. The molecule has 1 N–H and O–H groups in total. The molecule has 0 saturated heterocycles. The van der Waals surface area contributed by atoms with E-state index >= 15 is 0 Å². The van der Waals surface area contributed by atoms with Crippen LogP contribution >= 0.6 is 11.8 Å². The minimum atomic E-state index is 0.215. The van der Waals surface area contributed by atoms with E-state index in [2.05, 4.69) is 29.1 Å². The summed E-state index contributed by atoms with van der Waals surface area (Å²) >= 11 is 1.77. The fraction of sp³-hybridized carbons (Fsp3) is 0.455. The number of amidine groups is 1. The maximum absolute atomic E-state index is 4.43. The summed E-state index contributed by atoms with van der Waals surface area (Å²) in [5, 5.41) is 4.19. The van der Waals surface area contributed by atoms with Crippen LogP contribution in [-0.4, -0.2) is 21.4 Å². The first-order chi connectivity index (χ1) is 7.05. The second-order valence-electron chi connectivity index (χ2n) is 4.33. The Balaban J connectivity index is 2.02. The van der Waals surface area contributed by atoms with Gasteiger partial charge >= 0.3 is 0 Å². The molecule has 0 aliphatic carbocycles. The number of aliphatic imine (C=N–C) groups is 1. The molecule has 4 heteroatoms. The monoisotopic (exact) mass is 221 g/mol. The van der Waals surface area contributed by atoms with Gasteiger partial charge in [-0.2, -0.15) is 0 Å². The third-order valence-electron chi connectivity index (χ3n) is 2.12. The fourth-order valence-electron chi connectivity index (χ4n) is 1.30. The largest absolute Gasteiger partial charge is 0.320 e. The van der Waals surface area contributed by atoms with Gasteiger partial charge in [-0.15, -0.1) is 0 Å². The minimum Gasteiger partial charge on any atom is -0.320 e. The van der Waals surface area contributed by atoms with Gasteiger partial charge in [0.2, 0.25) is 0 Å². The van der Waals surface area contributed by atoms with E-state index in [1.54, 1.807) is 11.8 Å². The average Bonchev–Trinajstić information content (AvgIpc) is 2.50. The van der Waals surface area contributed by atoms with Crippen LogP contribution in [0, 0.1) is 6.92 Å². The number of thioether (sulfide) groups is 1. The van der Waals surface area contributed by atoms with Gasteiger partial charge in [0, 0.05) is 10.9 Å². The van der Waals surface area contributed by atoms with Crippen LogP contribution in [0.2, 0.25) is 0 Å². The maximum Gasteiger partial charge on any atom is 0.162 e. The van der Waals surface area contributed by atoms with Gasteiger partial charge in [0.1, 0.15) is 5.82 Å². The van der Waals surface area contributed by atoms with Crippen LogP contribution in [0.1, 0.15) is 19.4 Å². The first-order valence-electron chi connectivity index (χ1n) is 4.98. The van der Waals surface area contributed by atoms with Crippen LogP contribution in [0.15, 0.2) is 23.3 Å². The number of nitrogens with zero attached hydrogens (tertiary/aromatic N) is 2. The molecule has 15 heavy (non-hydrogen) atoms. The molecule has 1 aromatic rings. The molecule has 0 atom stereocenters. The van der Waals surface area contributed by atoms with E-state index in [-0.39, 0.29) is 4.75 Å². The molecule has 2 rings (SSSR count). The third kappa shape index (κ3) is 2.72. The van der Waals surface area contributed by atoms with Gasteiger partial charge in [-0.3, -0.25) is 4.99 Å².